The third kappa shape index (κ3) is 3.58. The summed E-state index contributed by atoms with van der Waals surface area (Å²) in [5.74, 6) is -2.66. The SMILES string of the molecule is O=C(O)CNC(=O)c1ncc2ccc(S(=O)(=O)c3ccccc3)cc2c1O. The Hall–Kier alpha value is -3.46. The molecule has 0 saturated heterocycles. The Morgan fingerprint density at radius 3 is 2.41 bits per heavy atom. The van der Waals surface area contributed by atoms with Crippen LogP contribution >= 0.6 is 0 Å². The van der Waals surface area contributed by atoms with Crippen LogP contribution in [0, 0.1) is 0 Å². The van der Waals surface area contributed by atoms with Gasteiger partial charge in [-0.15, -0.1) is 0 Å². The number of carboxylic acid groups (broad SMARTS) is 1. The van der Waals surface area contributed by atoms with Gasteiger partial charge in [0.05, 0.1) is 9.79 Å². The van der Waals surface area contributed by atoms with Crippen LogP contribution < -0.4 is 5.32 Å². The quantitative estimate of drug-likeness (QED) is 0.606. The van der Waals surface area contributed by atoms with Crippen molar-refractivity contribution in [3.63, 3.8) is 0 Å². The van der Waals surface area contributed by atoms with Crippen LogP contribution in [0.5, 0.6) is 5.75 Å². The molecule has 0 atom stereocenters. The molecule has 3 rings (SSSR count). The second kappa shape index (κ2) is 7.04. The molecule has 0 radical (unpaired) electrons. The number of sulfone groups is 1. The van der Waals surface area contributed by atoms with E-state index in [4.69, 9.17) is 5.11 Å². The number of carbonyl (C=O) groups excluding carboxylic acids is 1. The molecule has 0 fully saturated rings. The van der Waals surface area contributed by atoms with Crippen molar-refractivity contribution < 1.29 is 28.2 Å². The number of amides is 1. The number of carbonyl (C=O) groups is 2. The van der Waals surface area contributed by atoms with Crippen molar-refractivity contribution in [3.8, 4) is 5.75 Å². The summed E-state index contributed by atoms with van der Waals surface area (Å²) in [5, 5.41) is 21.6. The first-order valence-electron chi connectivity index (χ1n) is 7.72. The number of benzene rings is 2. The average molecular weight is 386 g/mol. The topological polar surface area (TPSA) is 134 Å². The van der Waals surface area contributed by atoms with E-state index >= 15 is 0 Å². The molecular weight excluding hydrogens is 372 g/mol. The first-order chi connectivity index (χ1) is 12.8. The zero-order valence-corrected chi connectivity index (χ0v) is 14.6. The molecule has 1 aromatic heterocycles. The molecule has 1 heterocycles. The van der Waals surface area contributed by atoms with Gasteiger partial charge in [-0.3, -0.25) is 9.59 Å². The fourth-order valence-corrected chi connectivity index (χ4v) is 3.79. The van der Waals surface area contributed by atoms with Crippen molar-refractivity contribution in [2.45, 2.75) is 9.79 Å². The van der Waals surface area contributed by atoms with Crippen LogP contribution in [0.3, 0.4) is 0 Å². The zero-order chi connectivity index (χ0) is 19.6. The first-order valence-corrected chi connectivity index (χ1v) is 9.21. The minimum absolute atomic E-state index is 0.0559. The summed E-state index contributed by atoms with van der Waals surface area (Å²) in [7, 11) is -3.81. The van der Waals surface area contributed by atoms with Crippen LogP contribution in [-0.2, 0) is 14.6 Å². The number of rotatable bonds is 5. The second-order valence-electron chi connectivity index (χ2n) is 5.60. The van der Waals surface area contributed by atoms with Crippen molar-refractivity contribution in [2.75, 3.05) is 6.54 Å². The molecule has 0 unspecified atom stereocenters. The highest BCUT2D eigenvalue weighted by atomic mass is 32.2. The number of nitrogens with one attached hydrogen (secondary N) is 1. The van der Waals surface area contributed by atoms with Crippen molar-refractivity contribution in [1.29, 1.82) is 0 Å². The van der Waals surface area contributed by atoms with Crippen LogP contribution in [0.2, 0.25) is 0 Å². The number of hydrogen-bond donors (Lipinski definition) is 3. The summed E-state index contributed by atoms with van der Waals surface area (Å²) >= 11 is 0. The van der Waals surface area contributed by atoms with Crippen LogP contribution in [0.4, 0.5) is 0 Å². The lowest BCUT2D eigenvalue weighted by atomic mass is 10.1. The molecule has 27 heavy (non-hydrogen) atoms. The van der Waals surface area contributed by atoms with Crippen molar-refractivity contribution in [1.82, 2.24) is 10.3 Å². The summed E-state index contributed by atoms with van der Waals surface area (Å²) in [6, 6.07) is 11.9. The molecule has 0 aliphatic carbocycles. The van der Waals surface area contributed by atoms with Gasteiger partial charge in [0.25, 0.3) is 5.91 Å². The van der Waals surface area contributed by atoms with E-state index in [1.807, 2.05) is 0 Å². The Kier molecular flexibility index (Phi) is 4.78. The van der Waals surface area contributed by atoms with E-state index in [1.165, 1.54) is 36.5 Å². The van der Waals surface area contributed by atoms with Gasteiger partial charge in [0.15, 0.2) is 11.4 Å². The lowest BCUT2D eigenvalue weighted by Crippen LogP contribution is -2.29. The smallest absolute Gasteiger partial charge is 0.322 e. The van der Waals surface area contributed by atoms with E-state index < -0.39 is 39.7 Å². The lowest BCUT2D eigenvalue weighted by molar-refractivity contribution is -0.135. The van der Waals surface area contributed by atoms with E-state index in [0.29, 0.717) is 5.39 Å². The molecule has 0 aliphatic heterocycles. The van der Waals surface area contributed by atoms with Crippen molar-refractivity contribution in [2.24, 2.45) is 0 Å². The minimum Gasteiger partial charge on any atom is -0.505 e. The Balaban J connectivity index is 2.08. The Labute approximate surface area is 154 Å². The van der Waals surface area contributed by atoms with Gasteiger partial charge in [-0.25, -0.2) is 13.4 Å². The van der Waals surface area contributed by atoms with Gasteiger partial charge < -0.3 is 15.5 Å². The number of pyridine rings is 1. The Morgan fingerprint density at radius 2 is 1.74 bits per heavy atom. The monoisotopic (exact) mass is 386 g/mol. The fourth-order valence-electron chi connectivity index (χ4n) is 2.48. The van der Waals surface area contributed by atoms with Gasteiger partial charge >= 0.3 is 5.97 Å². The van der Waals surface area contributed by atoms with Gasteiger partial charge in [0.1, 0.15) is 6.54 Å². The molecule has 9 heteroatoms. The molecule has 0 saturated carbocycles. The highest BCUT2D eigenvalue weighted by molar-refractivity contribution is 7.91. The number of hydrogen-bond acceptors (Lipinski definition) is 6. The number of fused-ring (bicyclic) bond motifs is 1. The highest BCUT2D eigenvalue weighted by Gasteiger charge is 2.21. The molecule has 2 aromatic carbocycles. The van der Waals surface area contributed by atoms with E-state index in [1.54, 1.807) is 18.2 Å². The predicted molar refractivity (Wildman–Crippen MR) is 95.3 cm³/mol. The maximum Gasteiger partial charge on any atom is 0.322 e. The van der Waals surface area contributed by atoms with Gasteiger partial charge in [-0.05, 0) is 24.3 Å². The van der Waals surface area contributed by atoms with Gasteiger partial charge in [0, 0.05) is 17.0 Å². The summed E-state index contributed by atoms with van der Waals surface area (Å²) in [4.78, 5) is 26.4. The maximum atomic E-state index is 12.7. The molecule has 0 bridgehead atoms. The number of aliphatic carboxylic acids is 1. The van der Waals surface area contributed by atoms with Crippen molar-refractivity contribution >= 4 is 32.5 Å². The number of carboxylic acids is 1. The normalized spacial score (nSPS) is 11.3. The highest BCUT2D eigenvalue weighted by Crippen LogP contribution is 2.31. The summed E-state index contributed by atoms with van der Waals surface area (Å²) < 4.78 is 25.5. The zero-order valence-electron chi connectivity index (χ0n) is 13.8. The maximum absolute atomic E-state index is 12.7. The first kappa shape index (κ1) is 18.3. The minimum atomic E-state index is -3.81. The van der Waals surface area contributed by atoms with E-state index in [-0.39, 0.29) is 15.2 Å². The largest absolute Gasteiger partial charge is 0.505 e. The average Bonchev–Trinajstić information content (AvgIpc) is 2.67. The molecular formula is C18H14N2O6S. The molecule has 3 aromatic rings. The van der Waals surface area contributed by atoms with Crippen LogP contribution in [-0.4, -0.2) is 42.0 Å². The third-order valence-electron chi connectivity index (χ3n) is 3.82. The summed E-state index contributed by atoms with van der Waals surface area (Å²) in [5.41, 5.74) is -0.391. The summed E-state index contributed by atoms with van der Waals surface area (Å²) in [6.07, 6.45) is 1.30. The molecule has 138 valence electrons. The van der Waals surface area contributed by atoms with Crippen LogP contribution in [0.25, 0.3) is 10.8 Å². The predicted octanol–water partition coefficient (Wildman–Crippen LogP) is 1.59. The number of aromatic hydroxyl groups is 1. The third-order valence-corrected chi connectivity index (χ3v) is 5.58. The van der Waals surface area contributed by atoms with E-state index in [0.717, 1.165) is 0 Å². The van der Waals surface area contributed by atoms with Gasteiger partial charge in [-0.1, -0.05) is 24.3 Å². The number of nitrogens with zero attached hydrogens (tertiary/aromatic N) is 1. The standard InChI is InChI=1S/C18H14N2O6S/c21-15(22)10-20-18(24)16-17(23)14-8-13(7-6-11(14)9-19-16)27(25,26)12-4-2-1-3-5-12/h1-9,23H,10H2,(H,20,24)(H,21,22). The van der Waals surface area contributed by atoms with Gasteiger partial charge in [-0.2, -0.15) is 0 Å². The van der Waals surface area contributed by atoms with Crippen LogP contribution in [0.1, 0.15) is 10.5 Å². The molecule has 8 nitrogen and oxygen atoms in total. The Morgan fingerprint density at radius 1 is 1.04 bits per heavy atom. The molecule has 0 aliphatic rings. The van der Waals surface area contributed by atoms with E-state index in [2.05, 4.69) is 10.3 Å². The fraction of sp³-hybridized carbons (Fsp3) is 0.0556. The van der Waals surface area contributed by atoms with E-state index in [9.17, 15) is 23.1 Å². The van der Waals surface area contributed by atoms with Gasteiger partial charge in [0.2, 0.25) is 9.84 Å². The Bertz CT molecular complexity index is 1140. The second-order valence-corrected chi connectivity index (χ2v) is 7.55. The molecule has 0 spiro atoms. The summed E-state index contributed by atoms with van der Waals surface area (Å²) in [6.45, 7) is -0.638. The lowest BCUT2D eigenvalue weighted by Gasteiger charge is -2.09. The molecule has 1 amide bonds. The number of aromatic nitrogens is 1. The van der Waals surface area contributed by atoms with Crippen molar-refractivity contribution in [3.05, 3.63) is 60.4 Å². The van der Waals surface area contributed by atoms with Crippen LogP contribution in [0.15, 0.2) is 64.5 Å². The molecule has 3 N–H and O–H groups in total.